The van der Waals surface area contributed by atoms with Crippen molar-refractivity contribution < 1.29 is 14.3 Å². The third kappa shape index (κ3) is 4.39. The molecule has 33 heavy (non-hydrogen) atoms. The predicted octanol–water partition coefficient (Wildman–Crippen LogP) is 1.76. The molecule has 0 amide bonds. The molecule has 2 heterocycles. The van der Waals surface area contributed by atoms with E-state index < -0.39 is 38.0 Å². The Labute approximate surface area is 193 Å². The molecule has 1 aromatic heterocycles. The van der Waals surface area contributed by atoms with Crippen molar-refractivity contribution >= 4 is 18.7 Å². The van der Waals surface area contributed by atoms with Crippen molar-refractivity contribution in [1.82, 2.24) is 9.55 Å². The minimum absolute atomic E-state index is 0.234. The molecule has 7 nitrogen and oxygen atoms in total. The van der Waals surface area contributed by atoms with Crippen LogP contribution in [0, 0.1) is 0 Å². The summed E-state index contributed by atoms with van der Waals surface area (Å²) in [6, 6.07) is 21.8. The van der Waals surface area contributed by atoms with Gasteiger partial charge in [0, 0.05) is 18.7 Å². The van der Waals surface area contributed by atoms with Gasteiger partial charge in [0.05, 0.1) is 12.7 Å². The van der Waals surface area contributed by atoms with Gasteiger partial charge in [-0.15, -0.1) is 0 Å². The van der Waals surface area contributed by atoms with E-state index in [2.05, 4.69) is 50.0 Å². The minimum atomic E-state index is -2.86. The van der Waals surface area contributed by atoms with Gasteiger partial charge in [0.1, 0.15) is 12.3 Å². The largest absolute Gasteiger partial charge is 0.402 e. The molecule has 4 rings (SSSR count). The van der Waals surface area contributed by atoms with Gasteiger partial charge in [-0.05, 0) is 15.4 Å². The number of nitrogens with one attached hydrogen (secondary N) is 1. The number of hydrogen-bond acceptors (Lipinski definition) is 5. The second kappa shape index (κ2) is 9.22. The van der Waals surface area contributed by atoms with Crippen LogP contribution in [0.4, 0.5) is 0 Å². The van der Waals surface area contributed by atoms with Crippen LogP contribution in [0.3, 0.4) is 0 Å². The van der Waals surface area contributed by atoms with E-state index in [1.54, 1.807) is 0 Å². The van der Waals surface area contributed by atoms with Crippen LogP contribution >= 0.6 is 0 Å². The van der Waals surface area contributed by atoms with Crippen molar-refractivity contribution in [3.8, 4) is 0 Å². The lowest BCUT2D eigenvalue weighted by Gasteiger charge is -2.45. The first kappa shape index (κ1) is 23.4. The van der Waals surface area contributed by atoms with Crippen molar-refractivity contribution in [2.24, 2.45) is 0 Å². The second-order valence-electron chi connectivity index (χ2n) is 9.38. The molecule has 1 fully saturated rings. The van der Waals surface area contributed by atoms with Gasteiger partial charge in [0.2, 0.25) is 0 Å². The Morgan fingerprint density at radius 2 is 1.61 bits per heavy atom. The van der Waals surface area contributed by atoms with E-state index in [1.165, 1.54) is 16.8 Å². The highest BCUT2D eigenvalue weighted by atomic mass is 28.4. The van der Waals surface area contributed by atoms with E-state index in [9.17, 15) is 14.7 Å². The lowest BCUT2D eigenvalue weighted by Crippen LogP contribution is -2.68. The summed E-state index contributed by atoms with van der Waals surface area (Å²) in [7, 11) is -2.86. The van der Waals surface area contributed by atoms with Gasteiger partial charge in [0.15, 0.2) is 0 Å². The van der Waals surface area contributed by atoms with Gasteiger partial charge in [-0.1, -0.05) is 81.4 Å². The fourth-order valence-electron chi connectivity index (χ4n) is 4.73. The Kier molecular flexibility index (Phi) is 6.53. The van der Waals surface area contributed by atoms with Gasteiger partial charge in [-0.25, -0.2) is 4.79 Å². The molecule has 0 unspecified atom stereocenters. The summed E-state index contributed by atoms with van der Waals surface area (Å²) in [4.78, 5) is 26.1. The molecule has 3 atom stereocenters. The smallest absolute Gasteiger partial charge is 0.330 e. The van der Waals surface area contributed by atoms with Crippen LogP contribution in [0.2, 0.25) is 5.04 Å². The van der Waals surface area contributed by atoms with E-state index in [4.69, 9.17) is 9.16 Å². The van der Waals surface area contributed by atoms with Gasteiger partial charge < -0.3 is 14.3 Å². The molecule has 2 N–H and O–H groups in total. The first-order valence-corrected chi connectivity index (χ1v) is 13.0. The van der Waals surface area contributed by atoms with Crippen LogP contribution in [-0.2, 0) is 9.16 Å². The monoisotopic (exact) mass is 466 g/mol. The maximum Gasteiger partial charge on any atom is 0.330 e. The van der Waals surface area contributed by atoms with Crippen molar-refractivity contribution in [1.29, 1.82) is 0 Å². The van der Waals surface area contributed by atoms with E-state index in [1.807, 2.05) is 36.4 Å². The number of rotatable bonds is 6. The van der Waals surface area contributed by atoms with Crippen LogP contribution in [-0.4, -0.2) is 41.8 Å². The number of aliphatic hydroxyl groups excluding tert-OH is 1. The molecule has 0 radical (unpaired) electrons. The van der Waals surface area contributed by atoms with Gasteiger partial charge in [-0.3, -0.25) is 14.3 Å². The zero-order valence-electron chi connectivity index (χ0n) is 19.1. The van der Waals surface area contributed by atoms with Crippen molar-refractivity contribution in [2.45, 2.75) is 50.7 Å². The molecule has 8 heteroatoms. The molecule has 3 aromatic rings. The molecule has 2 aromatic carbocycles. The highest BCUT2D eigenvalue weighted by Gasteiger charge is 2.53. The summed E-state index contributed by atoms with van der Waals surface area (Å²) in [6.07, 6.45) is 0.114. The van der Waals surface area contributed by atoms with Crippen LogP contribution in [0.15, 0.2) is 82.5 Å². The van der Waals surface area contributed by atoms with Crippen LogP contribution in [0.1, 0.15) is 33.4 Å². The number of nitrogens with zero attached hydrogens (tertiary/aromatic N) is 1. The van der Waals surface area contributed by atoms with E-state index in [0.717, 1.165) is 10.4 Å². The maximum atomic E-state index is 12.3. The standard InChI is InChI=1S/C25H30N2O5Si/c1-25(2,3)33(18-10-6-4-7-11-18,19-12-8-5-9-13-19)32-20-16-23(31-21(20)17-28)27-15-14-22(29)26-24(27)30/h4-15,20-21,23,28H,16-17H2,1-3H3,(H,26,29,30)/t20-,21+,23+/m1/s1. The van der Waals surface area contributed by atoms with Gasteiger partial charge in [0.25, 0.3) is 13.9 Å². The normalized spacial score (nSPS) is 21.3. The lowest BCUT2D eigenvalue weighted by atomic mass is 10.2. The molecule has 0 aliphatic carbocycles. The quantitative estimate of drug-likeness (QED) is 0.540. The van der Waals surface area contributed by atoms with Crippen molar-refractivity contribution in [3.63, 3.8) is 0 Å². The van der Waals surface area contributed by atoms with Crippen LogP contribution in [0.5, 0.6) is 0 Å². The Bertz CT molecular complexity index is 1150. The molecule has 1 aliphatic heterocycles. The van der Waals surface area contributed by atoms with E-state index in [-0.39, 0.29) is 11.6 Å². The Morgan fingerprint density at radius 3 is 2.09 bits per heavy atom. The molecule has 0 saturated carbocycles. The summed E-state index contributed by atoms with van der Waals surface area (Å²) in [6.45, 7) is 6.32. The maximum absolute atomic E-state index is 12.3. The highest BCUT2D eigenvalue weighted by molar-refractivity contribution is 6.99. The van der Waals surface area contributed by atoms with Crippen LogP contribution in [0.25, 0.3) is 0 Å². The third-order valence-corrected chi connectivity index (χ3v) is 11.3. The minimum Gasteiger partial charge on any atom is -0.402 e. The fraction of sp³-hybridized carbons (Fsp3) is 0.360. The molecule has 0 bridgehead atoms. The lowest BCUT2D eigenvalue weighted by molar-refractivity contribution is -0.0434. The number of benzene rings is 2. The average molecular weight is 467 g/mol. The second-order valence-corrected chi connectivity index (χ2v) is 13.6. The number of hydrogen-bond donors (Lipinski definition) is 2. The Balaban J connectivity index is 1.79. The van der Waals surface area contributed by atoms with Crippen molar-refractivity contribution in [3.05, 3.63) is 93.8 Å². The zero-order chi connectivity index (χ0) is 23.6. The van der Waals surface area contributed by atoms with Crippen molar-refractivity contribution in [2.75, 3.05) is 6.61 Å². The molecule has 1 aliphatic rings. The molecule has 1 saturated heterocycles. The van der Waals surface area contributed by atoms with Gasteiger partial charge in [-0.2, -0.15) is 0 Å². The number of H-pyrrole nitrogens is 1. The SMILES string of the molecule is CC(C)(C)[Si](O[C@@H]1C[C@@H](n2ccc(=O)[nH]c2=O)O[C@H]1CO)(c1ccccc1)c1ccccc1. The number of aromatic amines is 1. The summed E-state index contributed by atoms with van der Waals surface area (Å²) in [5.41, 5.74) is -1.01. The summed E-state index contributed by atoms with van der Waals surface area (Å²) >= 11 is 0. The molecular formula is C25H30N2O5Si. The molecular weight excluding hydrogens is 436 g/mol. The first-order valence-electron chi connectivity index (χ1n) is 11.1. The first-order chi connectivity index (χ1) is 15.8. The number of ether oxygens (including phenoxy) is 1. The zero-order valence-corrected chi connectivity index (χ0v) is 20.1. The topological polar surface area (TPSA) is 93.6 Å². The summed E-state index contributed by atoms with van der Waals surface area (Å²) in [5.74, 6) is 0. The molecule has 174 valence electrons. The van der Waals surface area contributed by atoms with Gasteiger partial charge >= 0.3 is 5.69 Å². The summed E-state index contributed by atoms with van der Waals surface area (Å²) < 4.78 is 14.5. The van der Waals surface area contributed by atoms with Crippen LogP contribution < -0.4 is 21.6 Å². The third-order valence-electron chi connectivity index (χ3n) is 6.27. The van der Waals surface area contributed by atoms with E-state index >= 15 is 0 Å². The fourth-order valence-corrected chi connectivity index (χ4v) is 9.45. The predicted molar refractivity (Wildman–Crippen MR) is 129 cm³/mol. The highest BCUT2D eigenvalue weighted by Crippen LogP contribution is 2.40. The number of aromatic nitrogens is 2. The Hall–Kier alpha value is -2.78. The van der Waals surface area contributed by atoms with E-state index in [0.29, 0.717) is 6.42 Å². The average Bonchev–Trinajstić information content (AvgIpc) is 3.20. The number of aliphatic hydroxyl groups is 1. The summed E-state index contributed by atoms with van der Waals surface area (Å²) in [5, 5.41) is 12.1. The molecule has 0 spiro atoms. The Morgan fingerprint density at radius 1 is 1.03 bits per heavy atom.